The second-order valence-electron chi connectivity index (χ2n) is 5.97. The Morgan fingerprint density at radius 1 is 0.963 bits per heavy atom. The van der Waals surface area contributed by atoms with Gasteiger partial charge in [-0.25, -0.2) is 0 Å². The molecule has 0 aromatic heterocycles. The highest BCUT2D eigenvalue weighted by Crippen LogP contribution is 2.36. The molecular weight excluding hydrogens is 398 g/mol. The maximum Gasteiger partial charge on any atom is 0.294 e. The van der Waals surface area contributed by atoms with Gasteiger partial charge >= 0.3 is 0 Å². The van der Waals surface area contributed by atoms with Crippen molar-refractivity contribution in [3.63, 3.8) is 0 Å². The summed E-state index contributed by atoms with van der Waals surface area (Å²) in [5, 5.41) is 12.5. The van der Waals surface area contributed by atoms with Gasteiger partial charge in [0.2, 0.25) is 5.91 Å². The zero-order valence-electron chi connectivity index (χ0n) is 14.3. The number of phenolic OH excluding ortho intramolecular Hbond substituents is 1. The Bertz CT molecular complexity index is 1090. The van der Waals surface area contributed by atoms with Crippen molar-refractivity contribution >= 4 is 42.6 Å². The number of amides is 1. The maximum atomic E-state index is 12.1. The summed E-state index contributed by atoms with van der Waals surface area (Å²) in [4.78, 5) is 10.8. The summed E-state index contributed by atoms with van der Waals surface area (Å²) in [7, 11) is -9.35. The number of hydrogen-bond donors (Lipinski definition) is 4. The van der Waals surface area contributed by atoms with Gasteiger partial charge in [-0.2, -0.15) is 16.8 Å². The topological polar surface area (TPSA) is 158 Å². The van der Waals surface area contributed by atoms with E-state index in [1.807, 2.05) is 6.92 Å². The molecule has 0 aliphatic heterocycles. The van der Waals surface area contributed by atoms with Crippen molar-refractivity contribution in [2.45, 2.75) is 42.4 Å². The Labute approximate surface area is 156 Å². The summed E-state index contributed by atoms with van der Waals surface area (Å²) in [6, 6.07) is 3.58. The fourth-order valence-corrected chi connectivity index (χ4v) is 3.66. The van der Waals surface area contributed by atoms with Crippen molar-refractivity contribution < 1.29 is 35.8 Å². The smallest absolute Gasteiger partial charge is 0.294 e. The van der Waals surface area contributed by atoms with Crippen LogP contribution in [0.3, 0.4) is 0 Å². The van der Waals surface area contributed by atoms with Crippen LogP contribution in [0, 0.1) is 0 Å². The largest absolute Gasteiger partial charge is 0.507 e. The quantitative estimate of drug-likeness (QED) is 0.395. The number of rotatable bonds is 7. The van der Waals surface area contributed by atoms with Gasteiger partial charge in [0.1, 0.15) is 5.75 Å². The first-order valence-electron chi connectivity index (χ1n) is 7.99. The molecule has 0 aliphatic carbocycles. The summed E-state index contributed by atoms with van der Waals surface area (Å²) in [5.74, 6) is -1.03. The minimum Gasteiger partial charge on any atom is -0.507 e. The zero-order valence-corrected chi connectivity index (χ0v) is 16.0. The highest BCUT2D eigenvalue weighted by Gasteiger charge is 2.20. The van der Waals surface area contributed by atoms with Gasteiger partial charge in [-0.1, -0.05) is 19.8 Å². The minimum absolute atomic E-state index is 0.0290. The Morgan fingerprint density at radius 3 is 2.04 bits per heavy atom. The lowest BCUT2D eigenvalue weighted by Crippen LogP contribution is -2.12. The van der Waals surface area contributed by atoms with E-state index in [1.165, 1.54) is 0 Å². The molecule has 4 N–H and O–H groups in total. The van der Waals surface area contributed by atoms with Crippen LogP contribution in [0.2, 0.25) is 0 Å². The average Bonchev–Trinajstić information content (AvgIpc) is 2.52. The fraction of sp³-hybridized carbons (Fsp3) is 0.312. The van der Waals surface area contributed by atoms with E-state index in [-0.39, 0.29) is 22.9 Å². The van der Waals surface area contributed by atoms with Crippen molar-refractivity contribution in [1.82, 2.24) is 0 Å². The van der Waals surface area contributed by atoms with Crippen molar-refractivity contribution in [2.75, 3.05) is 5.32 Å². The lowest BCUT2D eigenvalue weighted by molar-refractivity contribution is -0.116. The van der Waals surface area contributed by atoms with Gasteiger partial charge in [0.05, 0.1) is 15.5 Å². The predicted octanol–water partition coefficient (Wildman–Crippen LogP) is 2.56. The van der Waals surface area contributed by atoms with Crippen LogP contribution in [0.15, 0.2) is 34.1 Å². The van der Waals surface area contributed by atoms with Gasteiger partial charge in [-0.3, -0.25) is 13.9 Å². The second kappa shape index (κ2) is 7.80. The van der Waals surface area contributed by atoms with E-state index in [0.29, 0.717) is 6.42 Å². The number of aromatic hydroxyl groups is 1. The third-order valence-corrected chi connectivity index (χ3v) is 5.52. The van der Waals surface area contributed by atoms with Crippen LogP contribution >= 0.6 is 0 Å². The summed E-state index contributed by atoms with van der Waals surface area (Å²) >= 11 is 0. The second-order valence-corrected chi connectivity index (χ2v) is 8.81. The van der Waals surface area contributed by atoms with E-state index in [9.17, 15) is 31.3 Å². The van der Waals surface area contributed by atoms with E-state index in [4.69, 9.17) is 4.55 Å². The molecule has 0 bridgehead atoms. The molecule has 2 rings (SSSR count). The molecule has 0 aliphatic rings. The van der Waals surface area contributed by atoms with Gasteiger partial charge in [0, 0.05) is 17.9 Å². The molecular formula is C16H19NO8S2. The first-order valence-corrected chi connectivity index (χ1v) is 10.9. The number of carbonyl (C=O) groups excluding carboxylic acids is 1. The first-order chi connectivity index (χ1) is 12.4. The van der Waals surface area contributed by atoms with Crippen LogP contribution in [0.1, 0.15) is 32.6 Å². The molecule has 0 fully saturated rings. The first kappa shape index (κ1) is 21.1. The Morgan fingerprint density at radius 2 is 1.52 bits per heavy atom. The predicted molar refractivity (Wildman–Crippen MR) is 98.0 cm³/mol. The molecule has 0 heterocycles. The van der Waals surface area contributed by atoms with E-state index in [0.717, 1.165) is 37.1 Å². The molecule has 0 radical (unpaired) electrons. The molecule has 27 heavy (non-hydrogen) atoms. The summed E-state index contributed by atoms with van der Waals surface area (Å²) < 4.78 is 64.1. The monoisotopic (exact) mass is 417 g/mol. The van der Waals surface area contributed by atoms with Crippen molar-refractivity contribution in [3.8, 4) is 5.75 Å². The maximum absolute atomic E-state index is 12.1. The average molecular weight is 417 g/mol. The standard InChI is InChI=1S/C16H19NO8S2/c1-2-3-4-5-15(19)17-13-8-11(26(20,21)22)6-10-7-12(27(23,24)25)9-14(18)16(10)13/h6-9,18H,2-5H2,1H3,(H,17,19)(H,20,21,22)(H,23,24,25). The number of anilines is 1. The molecule has 0 spiro atoms. The van der Waals surface area contributed by atoms with Crippen LogP contribution in [0.25, 0.3) is 10.8 Å². The third-order valence-electron chi connectivity index (χ3n) is 3.85. The van der Waals surface area contributed by atoms with Gasteiger partial charge in [-0.05, 0) is 30.0 Å². The zero-order chi connectivity index (χ0) is 20.4. The number of nitrogens with one attached hydrogen (secondary N) is 1. The van der Waals surface area contributed by atoms with Crippen LogP contribution in [0.5, 0.6) is 5.75 Å². The fourth-order valence-electron chi connectivity index (χ4n) is 2.58. The van der Waals surface area contributed by atoms with E-state index in [2.05, 4.69) is 5.32 Å². The lowest BCUT2D eigenvalue weighted by atomic mass is 10.1. The highest BCUT2D eigenvalue weighted by atomic mass is 32.2. The summed E-state index contributed by atoms with van der Waals surface area (Å²) in [6.07, 6.45) is 2.49. The third kappa shape index (κ3) is 5.16. The molecule has 0 saturated carbocycles. The van der Waals surface area contributed by atoms with E-state index < -0.39 is 41.7 Å². The molecule has 11 heteroatoms. The van der Waals surface area contributed by atoms with Crippen LogP contribution in [0.4, 0.5) is 5.69 Å². The van der Waals surface area contributed by atoms with Gasteiger partial charge < -0.3 is 10.4 Å². The summed E-state index contributed by atoms with van der Waals surface area (Å²) in [5.41, 5.74) is -0.110. The van der Waals surface area contributed by atoms with Crippen molar-refractivity contribution in [2.24, 2.45) is 0 Å². The minimum atomic E-state index is -4.68. The molecule has 0 saturated heterocycles. The molecule has 2 aromatic rings. The van der Waals surface area contributed by atoms with E-state index in [1.54, 1.807) is 0 Å². The Balaban J connectivity index is 2.65. The van der Waals surface area contributed by atoms with E-state index >= 15 is 0 Å². The molecule has 1 amide bonds. The number of fused-ring (bicyclic) bond motifs is 1. The van der Waals surface area contributed by atoms with Crippen LogP contribution < -0.4 is 5.32 Å². The number of benzene rings is 2. The lowest BCUT2D eigenvalue weighted by Gasteiger charge is -2.13. The van der Waals surface area contributed by atoms with Gasteiger partial charge in [0.25, 0.3) is 20.2 Å². The number of phenols is 1. The van der Waals surface area contributed by atoms with Crippen LogP contribution in [-0.4, -0.2) is 37.0 Å². The molecule has 2 aromatic carbocycles. The highest BCUT2D eigenvalue weighted by molar-refractivity contribution is 7.86. The molecule has 148 valence electrons. The van der Waals surface area contributed by atoms with Gasteiger partial charge in [-0.15, -0.1) is 0 Å². The van der Waals surface area contributed by atoms with Gasteiger partial charge in [0.15, 0.2) is 0 Å². The molecule has 9 nitrogen and oxygen atoms in total. The summed E-state index contributed by atoms with van der Waals surface area (Å²) in [6.45, 7) is 1.96. The van der Waals surface area contributed by atoms with Crippen molar-refractivity contribution in [3.05, 3.63) is 24.3 Å². The number of hydrogen-bond acceptors (Lipinski definition) is 6. The van der Waals surface area contributed by atoms with Crippen LogP contribution in [-0.2, 0) is 25.0 Å². The number of unbranched alkanes of at least 4 members (excludes halogenated alkanes) is 2. The Kier molecular flexibility index (Phi) is 6.10. The number of carbonyl (C=O) groups is 1. The SMILES string of the molecule is CCCCCC(=O)Nc1cc(S(=O)(=O)O)cc2cc(S(=O)(=O)O)cc(O)c12. The molecule has 0 unspecified atom stereocenters. The Hall–Kier alpha value is -2.21. The molecule has 0 atom stereocenters. The van der Waals surface area contributed by atoms with Crippen molar-refractivity contribution in [1.29, 1.82) is 0 Å². The normalized spacial score (nSPS) is 12.3.